The first kappa shape index (κ1) is 15.9. The van der Waals surface area contributed by atoms with Gasteiger partial charge in [0.05, 0.1) is 16.3 Å². The van der Waals surface area contributed by atoms with E-state index in [1.54, 1.807) is 23.6 Å². The van der Waals surface area contributed by atoms with Crippen LogP contribution in [0.1, 0.15) is 28.0 Å². The number of aryl methyl sites for hydroxylation is 1. The highest BCUT2D eigenvalue weighted by molar-refractivity contribution is 9.10. The highest BCUT2D eigenvalue weighted by Crippen LogP contribution is 2.18. The number of amides is 1. The molecule has 0 aromatic carbocycles. The zero-order chi connectivity index (χ0) is 15.2. The van der Waals surface area contributed by atoms with Crippen molar-refractivity contribution < 1.29 is 4.79 Å². The lowest BCUT2D eigenvalue weighted by Gasteiger charge is -2.10. The fourth-order valence-corrected chi connectivity index (χ4v) is 2.82. The van der Waals surface area contributed by atoms with Gasteiger partial charge in [0.25, 0.3) is 5.91 Å². The van der Waals surface area contributed by atoms with Gasteiger partial charge in [-0.3, -0.25) is 4.79 Å². The summed E-state index contributed by atoms with van der Waals surface area (Å²) in [4.78, 5) is 20.9. The van der Waals surface area contributed by atoms with Crippen LogP contribution in [0.2, 0.25) is 0 Å². The minimum atomic E-state index is -0.133. The van der Waals surface area contributed by atoms with Gasteiger partial charge in [-0.1, -0.05) is 0 Å². The van der Waals surface area contributed by atoms with Gasteiger partial charge in [0, 0.05) is 35.6 Å². The maximum Gasteiger partial charge on any atom is 0.255 e. The topological polar surface area (TPSA) is 66.9 Å². The summed E-state index contributed by atoms with van der Waals surface area (Å²) in [5.41, 5.74) is 1.55. The lowest BCUT2D eigenvalue weighted by molar-refractivity contribution is 0.0954. The third-order valence-corrected chi connectivity index (χ3v) is 4.03. The molecule has 2 N–H and O–H groups in total. The smallest absolute Gasteiger partial charge is 0.255 e. The van der Waals surface area contributed by atoms with Crippen molar-refractivity contribution in [2.75, 3.05) is 18.4 Å². The SMILES string of the molecule is CCNc1ncc(Br)cc1C(=O)NCCc1csc(C)n1. The van der Waals surface area contributed by atoms with E-state index in [1.165, 1.54) is 0 Å². The van der Waals surface area contributed by atoms with Crippen molar-refractivity contribution in [2.45, 2.75) is 20.3 Å². The van der Waals surface area contributed by atoms with Gasteiger partial charge in [-0.05, 0) is 35.8 Å². The van der Waals surface area contributed by atoms with E-state index in [0.717, 1.165) is 21.6 Å². The van der Waals surface area contributed by atoms with E-state index in [0.29, 0.717) is 24.5 Å². The van der Waals surface area contributed by atoms with Crippen LogP contribution in [0.15, 0.2) is 22.1 Å². The minimum absolute atomic E-state index is 0.133. The number of hydrogen-bond donors (Lipinski definition) is 2. The molecule has 0 aliphatic rings. The van der Waals surface area contributed by atoms with Crippen LogP contribution in [-0.4, -0.2) is 29.0 Å². The van der Waals surface area contributed by atoms with Crippen molar-refractivity contribution in [1.29, 1.82) is 0 Å². The number of anilines is 1. The predicted molar refractivity (Wildman–Crippen MR) is 89.0 cm³/mol. The summed E-state index contributed by atoms with van der Waals surface area (Å²) in [5, 5.41) is 9.06. The monoisotopic (exact) mass is 368 g/mol. The molecule has 2 rings (SSSR count). The van der Waals surface area contributed by atoms with Gasteiger partial charge in [0.15, 0.2) is 0 Å². The van der Waals surface area contributed by atoms with Crippen LogP contribution in [0.25, 0.3) is 0 Å². The first-order valence-electron chi connectivity index (χ1n) is 6.68. The van der Waals surface area contributed by atoms with Crippen LogP contribution in [0, 0.1) is 6.92 Å². The number of nitrogens with zero attached hydrogens (tertiary/aromatic N) is 2. The average Bonchev–Trinajstić information content (AvgIpc) is 2.86. The third-order valence-electron chi connectivity index (χ3n) is 2.78. The number of carbonyl (C=O) groups excluding carboxylic acids is 1. The summed E-state index contributed by atoms with van der Waals surface area (Å²) in [7, 11) is 0. The van der Waals surface area contributed by atoms with Crippen LogP contribution >= 0.6 is 27.3 Å². The Balaban J connectivity index is 1.97. The van der Waals surface area contributed by atoms with Gasteiger partial charge in [-0.2, -0.15) is 0 Å². The number of nitrogens with one attached hydrogen (secondary N) is 2. The first-order chi connectivity index (χ1) is 10.1. The van der Waals surface area contributed by atoms with E-state index in [1.807, 2.05) is 19.2 Å². The lowest BCUT2D eigenvalue weighted by atomic mass is 10.2. The Morgan fingerprint density at radius 1 is 1.48 bits per heavy atom. The van der Waals surface area contributed by atoms with Gasteiger partial charge < -0.3 is 10.6 Å². The zero-order valence-corrected chi connectivity index (χ0v) is 14.3. The maximum absolute atomic E-state index is 12.3. The lowest BCUT2D eigenvalue weighted by Crippen LogP contribution is -2.27. The van der Waals surface area contributed by atoms with Crippen molar-refractivity contribution >= 4 is 39.0 Å². The van der Waals surface area contributed by atoms with Gasteiger partial charge in [0.2, 0.25) is 0 Å². The van der Waals surface area contributed by atoms with E-state index < -0.39 is 0 Å². The Hall–Kier alpha value is -1.47. The number of halogens is 1. The van der Waals surface area contributed by atoms with Gasteiger partial charge >= 0.3 is 0 Å². The van der Waals surface area contributed by atoms with Crippen LogP contribution in [0.4, 0.5) is 5.82 Å². The molecule has 0 saturated carbocycles. The number of rotatable bonds is 6. The van der Waals surface area contributed by atoms with E-state index >= 15 is 0 Å². The molecule has 112 valence electrons. The molecule has 5 nitrogen and oxygen atoms in total. The Bertz CT molecular complexity index is 629. The van der Waals surface area contributed by atoms with Crippen molar-refractivity contribution in [3.63, 3.8) is 0 Å². The summed E-state index contributed by atoms with van der Waals surface area (Å²) < 4.78 is 0.782. The highest BCUT2D eigenvalue weighted by atomic mass is 79.9. The van der Waals surface area contributed by atoms with E-state index in [9.17, 15) is 4.79 Å². The number of hydrogen-bond acceptors (Lipinski definition) is 5. The second kappa shape index (κ2) is 7.51. The molecule has 2 aromatic rings. The predicted octanol–water partition coefficient (Wildman–Crippen LogP) is 3.01. The summed E-state index contributed by atoms with van der Waals surface area (Å²) >= 11 is 4.97. The molecule has 21 heavy (non-hydrogen) atoms. The Labute approximate surface area is 136 Å². The number of carbonyl (C=O) groups is 1. The summed E-state index contributed by atoms with van der Waals surface area (Å²) in [5.74, 6) is 0.467. The molecule has 2 heterocycles. The molecule has 0 saturated heterocycles. The molecule has 0 aliphatic heterocycles. The highest BCUT2D eigenvalue weighted by Gasteiger charge is 2.12. The van der Waals surface area contributed by atoms with Crippen LogP contribution in [0.3, 0.4) is 0 Å². The van der Waals surface area contributed by atoms with E-state index in [4.69, 9.17) is 0 Å². The average molecular weight is 369 g/mol. The number of aromatic nitrogens is 2. The molecule has 2 aromatic heterocycles. The van der Waals surface area contributed by atoms with Crippen molar-refractivity contribution in [3.8, 4) is 0 Å². The molecule has 0 spiro atoms. The molecular formula is C14H17BrN4OS. The number of thiazole rings is 1. The summed E-state index contributed by atoms with van der Waals surface area (Å²) in [6.07, 6.45) is 2.40. The molecule has 0 aliphatic carbocycles. The van der Waals surface area contributed by atoms with Crippen molar-refractivity contribution in [3.05, 3.63) is 38.4 Å². The molecule has 0 atom stereocenters. The zero-order valence-electron chi connectivity index (χ0n) is 11.9. The van der Waals surface area contributed by atoms with Crippen LogP contribution < -0.4 is 10.6 Å². The quantitative estimate of drug-likeness (QED) is 0.822. The maximum atomic E-state index is 12.3. The van der Waals surface area contributed by atoms with Gasteiger partial charge in [-0.15, -0.1) is 11.3 Å². The normalized spacial score (nSPS) is 10.4. The second-order valence-corrected chi connectivity index (χ2v) is 6.42. The van der Waals surface area contributed by atoms with E-state index in [-0.39, 0.29) is 5.91 Å². The molecule has 0 radical (unpaired) electrons. The summed E-state index contributed by atoms with van der Waals surface area (Å²) in [6.45, 7) is 5.21. The van der Waals surface area contributed by atoms with Crippen LogP contribution in [-0.2, 0) is 6.42 Å². The Morgan fingerprint density at radius 2 is 2.29 bits per heavy atom. The van der Waals surface area contributed by atoms with Crippen LogP contribution in [0.5, 0.6) is 0 Å². The molecule has 0 bridgehead atoms. The molecule has 0 unspecified atom stereocenters. The molecule has 1 amide bonds. The Morgan fingerprint density at radius 3 is 2.95 bits per heavy atom. The standard InChI is InChI=1S/C14H17BrN4OS/c1-3-16-13-12(6-10(15)7-18-13)14(20)17-5-4-11-8-21-9(2)19-11/h6-8H,3-5H2,1-2H3,(H,16,18)(H,17,20). The molecular weight excluding hydrogens is 352 g/mol. The Kier molecular flexibility index (Phi) is 5.69. The van der Waals surface area contributed by atoms with Crippen molar-refractivity contribution in [1.82, 2.24) is 15.3 Å². The first-order valence-corrected chi connectivity index (χ1v) is 8.36. The van der Waals surface area contributed by atoms with Crippen molar-refractivity contribution in [2.24, 2.45) is 0 Å². The largest absolute Gasteiger partial charge is 0.370 e. The second-order valence-electron chi connectivity index (χ2n) is 4.44. The minimum Gasteiger partial charge on any atom is -0.370 e. The van der Waals surface area contributed by atoms with E-state index in [2.05, 4.69) is 36.5 Å². The number of pyridine rings is 1. The van der Waals surface area contributed by atoms with Gasteiger partial charge in [-0.25, -0.2) is 9.97 Å². The summed E-state index contributed by atoms with van der Waals surface area (Å²) in [6, 6.07) is 1.77. The molecule has 7 heteroatoms. The van der Waals surface area contributed by atoms with Gasteiger partial charge in [0.1, 0.15) is 5.82 Å². The molecule has 0 fully saturated rings. The fraction of sp³-hybridized carbons (Fsp3) is 0.357. The fourth-order valence-electron chi connectivity index (χ4n) is 1.84. The third kappa shape index (κ3) is 4.50.